The average molecular weight is 283 g/mol. The van der Waals surface area contributed by atoms with Crippen molar-refractivity contribution in [3.05, 3.63) is 0 Å². The van der Waals surface area contributed by atoms with Crippen LogP contribution in [0.5, 0.6) is 0 Å². The number of unbranched alkanes of at least 4 members (excludes halogenated alkanes) is 1. The Bertz CT molecular complexity index is 343. The first-order valence-electron chi connectivity index (χ1n) is 7.95. The molecule has 1 fully saturated rings. The van der Waals surface area contributed by atoms with Crippen LogP contribution in [0.25, 0.3) is 0 Å². The van der Waals surface area contributed by atoms with Gasteiger partial charge in [-0.2, -0.15) is 0 Å². The maximum Gasteiger partial charge on any atom is 0.307 e. The Balaban J connectivity index is 2.84. The molecule has 1 saturated carbocycles. The van der Waals surface area contributed by atoms with Crippen LogP contribution in [-0.2, 0) is 9.59 Å². The van der Waals surface area contributed by atoms with Gasteiger partial charge in [-0.3, -0.25) is 9.59 Å². The van der Waals surface area contributed by atoms with Crippen molar-refractivity contribution in [2.75, 3.05) is 6.54 Å². The first-order chi connectivity index (χ1) is 9.42. The monoisotopic (exact) mass is 283 g/mol. The van der Waals surface area contributed by atoms with Gasteiger partial charge in [-0.1, -0.05) is 27.2 Å². The quantitative estimate of drug-likeness (QED) is 0.780. The van der Waals surface area contributed by atoms with E-state index in [1.807, 2.05) is 11.8 Å². The van der Waals surface area contributed by atoms with E-state index in [2.05, 4.69) is 20.8 Å². The van der Waals surface area contributed by atoms with Crippen LogP contribution in [0, 0.1) is 17.8 Å². The minimum absolute atomic E-state index is 0.0598. The molecule has 0 aromatic heterocycles. The average Bonchev–Trinajstić information content (AvgIpc) is 2.80. The van der Waals surface area contributed by atoms with E-state index in [1.165, 1.54) is 0 Å². The van der Waals surface area contributed by atoms with Crippen LogP contribution >= 0.6 is 0 Å². The molecule has 0 aromatic rings. The van der Waals surface area contributed by atoms with E-state index < -0.39 is 11.9 Å². The highest BCUT2D eigenvalue weighted by atomic mass is 16.4. The van der Waals surface area contributed by atoms with Gasteiger partial charge in [-0.15, -0.1) is 0 Å². The second-order valence-corrected chi connectivity index (χ2v) is 6.27. The van der Waals surface area contributed by atoms with E-state index >= 15 is 0 Å². The van der Waals surface area contributed by atoms with Gasteiger partial charge in [-0.25, -0.2) is 0 Å². The van der Waals surface area contributed by atoms with Crippen LogP contribution in [0.1, 0.15) is 59.8 Å². The number of aliphatic carboxylic acids is 1. The van der Waals surface area contributed by atoms with Crippen LogP contribution in [0.3, 0.4) is 0 Å². The molecule has 0 aliphatic heterocycles. The van der Waals surface area contributed by atoms with E-state index in [9.17, 15) is 14.7 Å². The van der Waals surface area contributed by atoms with Crippen LogP contribution < -0.4 is 0 Å². The summed E-state index contributed by atoms with van der Waals surface area (Å²) >= 11 is 0. The number of carbonyl (C=O) groups excluding carboxylic acids is 1. The summed E-state index contributed by atoms with van der Waals surface area (Å²) < 4.78 is 0. The highest BCUT2D eigenvalue weighted by molar-refractivity contribution is 5.85. The molecule has 4 nitrogen and oxygen atoms in total. The summed E-state index contributed by atoms with van der Waals surface area (Å²) in [7, 11) is 0. The zero-order valence-electron chi connectivity index (χ0n) is 13.3. The fourth-order valence-electron chi connectivity index (χ4n) is 3.15. The Labute approximate surface area is 122 Å². The molecule has 20 heavy (non-hydrogen) atoms. The predicted molar refractivity (Wildman–Crippen MR) is 79.4 cm³/mol. The minimum Gasteiger partial charge on any atom is -0.481 e. The van der Waals surface area contributed by atoms with Crippen molar-refractivity contribution in [2.45, 2.75) is 65.8 Å². The minimum atomic E-state index is -0.813. The van der Waals surface area contributed by atoms with Crippen LogP contribution in [0.15, 0.2) is 0 Å². The molecule has 4 atom stereocenters. The largest absolute Gasteiger partial charge is 0.481 e. The SMILES string of the molecule is CCCCN(C(=O)C1CC(C)CC1C(=O)O)C(C)CC. The van der Waals surface area contributed by atoms with Crippen molar-refractivity contribution in [3.63, 3.8) is 0 Å². The van der Waals surface area contributed by atoms with E-state index in [1.54, 1.807) is 0 Å². The fraction of sp³-hybridized carbons (Fsp3) is 0.875. The number of nitrogens with zero attached hydrogens (tertiary/aromatic N) is 1. The second-order valence-electron chi connectivity index (χ2n) is 6.27. The zero-order chi connectivity index (χ0) is 15.3. The Morgan fingerprint density at radius 1 is 1.25 bits per heavy atom. The summed E-state index contributed by atoms with van der Waals surface area (Å²) in [4.78, 5) is 26.1. The molecule has 0 spiro atoms. The lowest BCUT2D eigenvalue weighted by Crippen LogP contribution is -2.44. The predicted octanol–water partition coefficient (Wildman–Crippen LogP) is 3.16. The lowest BCUT2D eigenvalue weighted by atomic mass is 9.94. The van der Waals surface area contributed by atoms with Gasteiger partial charge in [0.15, 0.2) is 0 Å². The molecule has 116 valence electrons. The number of carboxylic acids is 1. The van der Waals surface area contributed by atoms with Crippen molar-refractivity contribution < 1.29 is 14.7 Å². The lowest BCUT2D eigenvalue weighted by molar-refractivity contribution is -0.150. The topological polar surface area (TPSA) is 57.6 Å². The maximum absolute atomic E-state index is 12.8. The van der Waals surface area contributed by atoms with Gasteiger partial charge in [0.25, 0.3) is 0 Å². The van der Waals surface area contributed by atoms with Gasteiger partial charge in [0.1, 0.15) is 0 Å². The Morgan fingerprint density at radius 2 is 1.85 bits per heavy atom. The molecule has 1 aliphatic rings. The van der Waals surface area contributed by atoms with Crippen molar-refractivity contribution in [3.8, 4) is 0 Å². The molecule has 0 radical (unpaired) electrons. The molecule has 4 heteroatoms. The van der Waals surface area contributed by atoms with Crippen LogP contribution in [0.4, 0.5) is 0 Å². The highest BCUT2D eigenvalue weighted by Gasteiger charge is 2.43. The first kappa shape index (κ1) is 17.0. The van der Waals surface area contributed by atoms with E-state index in [0.29, 0.717) is 12.3 Å². The lowest BCUT2D eigenvalue weighted by Gasteiger charge is -2.32. The highest BCUT2D eigenvalue weighted by Crippen LogP contribution is 2.38. The van der Waals surface area contributed by atoms with Crippen molar-refractivity contribution >= 4 is 11.9 Å². The summed E-state index contributed by atoms with van der Waals surface area (Å²) in [6, 6.07) is 0.194. The molecule has 1 rings (SSSR count). The third-order valence-electron chi connectivity index (χ3n) is 4.59. The fourth-order valence-corrected chi connectivity index (χ4v) is 3.15. The third kappa shape index (κ3) is 3.97. The molecule has 0 heterocycles. The van der Waals surface area contributed by atoms with E-state index in [0.717, 1.165) is 32.2 Å². The van der Waals surface area contributed by atoms with E-state index in [-0.39, 0.29) is 17.9 Å². The van der Waals surface area contributed by atoms with Crippen LogP contribution in [0.2, 0.25) is 0 Å². The molecule has 1 aliphatic carbocycles. The van der Waals surface area contributed by atoms with Crippen molar-refractivity contribution in [1.29, 1.82) is 0 Å². The number of hydrogen-bond acceptors (Lipinski definition) is 2. The van der Waals surface area contributed by atoms with Crippen LogP contribution in [-0.4, -0.2) is 34.5 Å². The molecular weight excluding hydrogens is 254 g/mol. The summed E-state index contributed by atoms with van der Waals surface area (Å²) in [5.74, 6) is -1.24. The van der Waals surface area contributed by atoms with Gasteiger partial charge < -0.3 is 10.0 Å². The standard InChI is InChI=1S/C16H29NO3/c1-5-7-8-17(12(4)6-2)15(18)13-9-11(3)10-14(13)16(19)20/h11-14H,5-10H2,1-4H3,(H,19,20). The molecule has 1 N–H and O–H groups in total. The molecule has 0 saturated heterocycles. The Morgan fingerprint density at radius 3 is 2.35 bits per heavy atom. The van der Waals surface area contributed by atoms with Crippen molar-refractivity contribution in [1.82, 2.24) is 4.90 Å². The molecule has 1 amide bonds. The smallest absolute Gasteiger partial charge is 0.307 e. The first-order valence-corrected chi connectivity index (χ1v) is 7.95. The van der Waals surface area contributed by atoms with Gasteiger partial charge in [0.2, 0.25) is 5.91 Å². The molecule has 0 aromatic carbocycles. The van der Waals surface area contributed by atoms with Crippen molar-refractivity contribution in [2.24, 2.45) is 17.8 Å². The van der Waals surface area contributed by atoms with Gasteiger partial charge in [0.05, 0.1) is 11.8 Å². The maximum atomic E-state index is 12.8. The number of hydrogen-bond donors (Lipinski definition) is 1. The van der Waals surface area contributed by atoms with E-state index in [4.69, 9.17) is 0 Å². The summed E-state index contributed by atoms with van der Waals surface area (Å²) in [6.45, 7) is 9.03. The van der Waals surface area contributed by atoms with Gasteiger partial charge >= 0.3 is 5.97 Å². The summed E-state index contributed by atoms with van der Waals surface area (Å²) in [5.41, 5.74) is 0. The zero-order valence-corrected chi connectivity index (χ0v) is 13.3. The number of carbonyl (C=O) groups is 2. The molecule has 0 bridgehead atoms. The third-order valence-corrected chi connectivity index (χ3v) is 4.59. The van der Waals surface area contributed by atoms with Gasteiger partial charge in [0, 0.05) is 12.6 Å². The normalized spacial score (nSPS) is 27.3. The number of amides is 1. The molecular formula is C16H29NO3. The van der Waals surface area contributed by atoms with Gasteiger partial charge in [-0.05, 0) is 38.5 Å². The number of rotatable bonds is 7. The second kappa shape index (κ2) is 7.65. The summed E-state index contributed by atoms with van der Waals surface area (Å²) in [5, 5.41) is 9.33. The Kier molecular flexibility index (Phi) is 6.50. The number of carboxylic acid groups (broad SMARTS) is 1. The Hall–Kier alpha value is -1.06. The molecule has 4 unspecified atom stereocenters. The summed E-state index contributed by atoms with van der Waals surface area (Å²) in [6.07, 6.45) is 4.29.